The molecule has 1 saturated heterocycles. The van der Waals surface area contributed by atoms with E-state index < -0.39 is 0 Å². The molecule has 1 fully saturated rings. The molecule has 5 heteroatoms. The Labute approximate surface area is 102 Å². The number of piperidine rings is 1. The summed E-state index contributed by atoms with van der Waals surface area (Å²) >= 11 is 1.85. The van der Waals surface area contributed by atoms with Crippen molar-refractivity contribution in [3.8, 4) is 0 Å². The van der Waals surface area contributed by atoms with Gasteiger partial charge < -0.3 is 11.1 Å². The summed E-state index contributed by atoms with van der Waals surface area (Å²) in [5, 5.41) is 2.94. The Kier molecular flexibility index (Phi) is 6.84. The predicted octanol–water partition coefficient (Wildman–Crippen LogP) is 0.279. The van der Waals surface area contributed by atoms with Crippen molar-refractivity contribution in [1.29, 1.82) is 0 Å². The topological polar surface area (TPSA) is 58.4 Å². The van der Waals surface area contributed by atoms with E-state index in [1.807, 2.05) is 11.8 Å². The van der Waals surface area contributed by atoms with E-state index in [9.17, 15) is 4.79 Å². The van der Waals surface area contributed by atoms with Crippen molar-refractivity contribution < 1.29 is 4.79 Å². The fourth-order valence-corrected chi connectivity index (χ4v) is 2.31. The fraction of sp³-hybridized carbons (Fsp3) is 0.909. The average Bonchev–Trinajstić information content (AvgIpc) is 2.28. The lowest BCUT2D eigenvalue weighted by Crippen LogP contribution is -2.44. The lowest BCUT2D eigenvalue weighted by Gasteiger charge is -2.29. The smallest absolute Gasteiger partial charge is 0.234 e. The van der Waals surface area contributed by atoms with E-state index in [2.05, 4.69) is 17.1 Å². The van der Waals surface area contributed by atoms with Crippen LogP contribution in [0, 0.1) is 0 Å². The Balaban J connectivity index is 2.05. The number of thioether (sulfide) groups is 1. The maximum atomic E-state index is 11.6. The standard InChI is InChI=1S/C11H23N3OS/c1-2-16-8-5-13-11(15)9-14-6-3-10(12)4-7-14/h10H,2-9,12H2,1H3,(H,13,15). The maximum absolute atomic E-state index is 11.6. The van der Waals surface area contributed by atoms with Gasteiger partial charge in [-0.15, -0.1) is 0 Å². The van der Waals surface area contributed by atoms with E-state index >= 15 is 0 Å². The van der Waals surface area contributed by atoms with Gasteiger partial charge in [0.15, 0.2) is 0 Å². The maximum Gasteiger partial charge on any atom is 0.234 e. The van der Waals surface area contributed by atoms with E-state index in [-0.39, 0.29) is 5.91 Å². The van der Waals surface area contributed by atoms with Crippen molar-refractivity contribution in [1.82, 2.24) is 10.2 Å². The molecule has 0 aromatic rings. The highest BCUT2D eigenvalue weighted by Gasteiger charge is 2.17. The van der Waals surface area contributed by atoms with Gasteiger partial charge in [-0.05, 0) is 18.6 Å². The first-order chi connectivity index (χ1) is 7.72. The van der Waals surface area contributed by atoms with Crippen molar-refractivity contribution in [2.75, 3.05) is 37.7 Å². The molecular formula is C11H23N3OS. The molecule has 0 unspecified atom stereocenters. The molecule has 0 aromatic carbocycles. The average molecular weight is 245 g/mol. The number of nitrogens with one attached hydrogen (secondary N) is 1. The molecule has 0 radical (unpaired) electrons. The molecule has 4 nitrogen and oxygen atoms in total. The molecule has 16 heavy (non-hydrogen) atoms. The zero-order chi connectivity index (χ0) is 11.8. The number of carbonyl (C=O) groups excluding carboxylic acids is 1. The van der Waals surface area contributed by atoms with Crippen LogP contribution >= 0.6 is 11.8 Å². The highest BCUT2D eigenvalue weighted by Crippen LogP contribution is 2.07. The molecule has 1 aliphatic heterocycles. The fourth-order valence-electron chi connectivity index (χ4n) is 1.78. The van der Waals surface area contributed by atoms with Crippen LogP contribution in [0.4, 0.5) is 0 Å². The van der Waals surface area contributed by atoms with E-state index in [4.69, 9.17) is 5.73 Å². The van der Waals surface area contributed by atoms with Crippen molar-refractivity contribution in [3.05, 3.63) is 0 Å². The number of rotatable bonds is 6. The number of amides is 1. The van der Waals surface area contributed by atoms with E-state index in [0.29, 0.717) is 12.6 Å². The first kappa shape index (κ1) is 13.8. The summed E-state index contributed by atoms with van der Waals surface area (Å²) in [6.45, 7) is 5.36. The van der Waals surface area contributed by atoms with Gasteiger partial charge >= 0.3 is 0 Å². The first-order valence-electron chi connectivity index (χ1n) is 6.04. The molecule has 0 aliphatic carbocycles. The monoisotopic (exact) mass is 245 g/mol. The molecule has 0 bridgehead atoms. The molecule has 1 aliphatic rings. The van der Waals surface area contributed by atoms with Gasteiger partial charge in [-0.1, -0.05) is 6.92 Å². The summed E-state index contributed by atoms with van der Waals surface area (Å²) in [7, 11) is 0. The van der Waals surface area contributed by atoms with E-state index in [1.165, 1.54) is 0 Å². The van der Waals surface area contributed by atoms with Gasteiger partial charge in [0.2, 0.25) is 5.91 Å². The number of likely N-dealkylation sites (tertiary alicyclic amines) is 1. The van der Waals surface area contributed by atoms with Gasteiger partial charge in [-0.25, -0.2) is 0 Å². The normalized spacial score (nSPS) is 18.6. The second kappa shape index (κ2) is 7.92. The molecule has 1 rings (SSSR count). The van der Waals surface area contributed by atoms with Gasteiger partial charge in [-0.2, -0.15) is 11.8 Å². The molecule has 3 N–H and O–H groups in total. The Hall–Kier alpha value is -0.260. The minimum atomic E-state index is 0.146. The SMILES string of the molecule is CCSCCNC(=O)CN1CCC(N)CC1. The molecule has 1 heterocycles. The lowest BCUT2D eigenvalue weighted by atomic mass is 10.1. The Morgan fingerprint density at radius 1 is 1.50 bits per heavy atom. The second-order valence-electron chi connectivity index (χ2n) is 4.16. The van der Waals surface area contributed by atoms with Gasteiger partial charge in [0, 0.05) is 31.4 Å². The minimum absolute atomic E-state index is 0.146. The number of nitrogens with zero attached hydrogens (tertiary/aromatic N) is 1. The molecule has 0 atom stereocenters. The molecule has 0 spiro atoms. The van der Waals surface area contributed by atoms with Crippen LogP contribution in [-0.4, -0.2) is 54.5 Å². The lowest BCUT2D eigenvalue weighted by molar-refractivity contribution is -0.122. The molecular weight excluding hydrogens is 222 g/mol. The summed E-state index contributed by atoms with van der Waals surface area (Å²) in [6.07, 6.45) is 2.03. The first-order valence-corrected chi connectivity index (χ1v) is 7.20. The summed E-state index contributed by atoms with van der Waals surface area (Å²) in [4.78, 5) is 13.7. The van der Waals surface area contributed by atoms with Gasteiger partial charge in [0.1, 0.15) is 0 Å². The van der Waals surface area contributed by atoms with Gasteiger partial charge in [0.05, 0.1) is 6.54 Å². The quantitative estimate of drug-likeness (QED) is 0.660. The van der Waals surface area contributed by atoms with Crippen LogP contribution in [-0.2, 0) is 4.79 Å². The Morgan fingerprint density at radius 2 is 2.19 bits per heavy atom. The highest BCUT2D eigenvalue weighted by atomic mass is 32.2. The van der Waals surface area contributed by atoms with Crippen molar-refractivity contribution in [2.24, 2.45) is 5.73 Å². The van der Waals surface area contributed by atoms with Crippen LogP contribution in [0.2, 0.25) is 0 Å². The number of carbonyl (C=O) groups is 1. The predicted molar refractivity (Wildman–Crippen MR) is 69.7 cm³/mol. The second-order valence-corrected chi connectivity index (χ2v) is 5.55. The van der Waals surface area contributed by atoms with Crippen LogP contribution in [0.3, 0.4) is 0 Å². The minimum Gasteiger partial charge on any atom is -0.354 e. The Morgan fingerprint density at radius 3 is 2.81 bits per heavy atom. The Bertz CT molecular complexity index is 205. The summed E-state index contributed by atoms with van der Waals surface area (Å²) in [5.41, 5.74) is 5.81. The van der Waals surface area contributed by atoms with Crippen LogP contribution in [0.1, 0.15) is 19.8 Å². The van der Waals surface area contributed by atoms with Crippen molar-refractivity contribution in [2.45, 2.75) is 25.8 Å². The zero-order valence-corrected chi connectivity index (χ0v) is 10.9. The number of hydrogen-bond acceptors (Lipinski definition) is 4. The summed E-state index contributed by atoms with van der Waals surface area (Å²) in [6, 6.07) is 0.334. The third-order valence-electron chi connectivity index (χ3n) is 2.77. The molecule has 94 valence electrons. The number of nitrogens with two attached hydrogens (primary N) is 1. The summed E-state index contributed by atoms with van der Waals surface area (Å²) < 4.78 is 0. The van der Waals surface area contributed by atoms with Gasteiger partial charge in [0.25, 0.3) is 0 Å². The van der Waals surface area contributed by atoms with Crippen LogP contribution in [0.5, 0.6) is 0 Å². The third-order valence-corrected chi connectivity index (χ3v) is 3.67. The van der Waals surface area contributed by atoms with Crippen LogP contribution in [0.15, 0.2) is 0 Å². The van der Waals surface area contributed by atoms with Crippen LogP contribution in [0.25, 0.3) is 0 Å². The summed E-state index contributed by atoms with van der Waals surface area (Å²) in [5.74, 6) is 2.26. The van der Waals surface area contributed by atoms with E-state index in [0.717, 1.165) is 44.0 Å². The van der Waals surface area contributed by atoms with Gasteiger partial charge in [-0.3, -0.25) is 9.69 Å². The molecule has 0 saturated carbocycles. The molecule has 0 aromatic heterocycles. The van der Waals surface area contributed by atoms with E-state index in [1.54, 1.807) is 0 Å². The van der Waals surface area contributed by atoms with Crippen molar-refractivity contribution in [3.63, 3.8) is 0 Å². The largest absolute Gasteiger partial charge is 0.354 e. The third kappa shape index (κ3) is 5.72. The highest BCUT2D eigenvalue weighted by molar-refractivity contribution is 7.99. The zero-order valence-electron chi connectivity index (χ0n) is 10.1. The molecule has 1 amide bonds. The number of hydrogen-bond donors (Lipinski definition) is 2. The van der Waals surface area contributed by atoms with Crippen LogP contribution < -0.4 is 11.1 Å². The van der Waals surface area contributed by atoms with Crippen molar-refractivity contribution >= 4 is 17.7 Å².